The molecule has 0 N–H and O–H groups in total. The van der Waals surface area contributed by atoms with E-state index < -0.39 is 0 Å². The van der Waals surface area contributed by atoms with Crippen molar-refractivity contribution in [2.75, 3.05) is 0 Å². The summed E-state index contributed by atoms with van der Waals surface area (Å²) in [5.74, 6) is -0.0923. The standard InChI is InChI=1S/C17H11Cl2NO/c18-14-6-3-5-13(17(14)19)16(21)10-12-9-8-11-4-1-2-7-15(11)20-12/h1-9H,10H2. The zero-order chi connectivity index (χ0) is 14.8. The van der Waals surface area contributed by atoms with Gasteiger partial charge in [-0.1, -0.05) is 53.5 Å². The molecule has 0 saturated carbocycles. The molecular formula is C17H11Cl2NO. The summed E-state index contributed by atoms with van der Waals surface area (Å²) in [6, 6.07) is 16.7. The molecule has 2 aromatic carbocycles. The lowest BCUT2D eigenvalue weighted by Gasteiger charge is -2.05. The van der Waals surface area contributed by atoms with Gasteiger partial charge in [0.1, 0.15) is 0 Å². The highest BCUT2D eigenvalue weighted by molar-refractivity contribution is 6.43. The molecule has 1 heterocycles. The normalized spacial score (nSPS) is 10.8. The zero-order valence-electron chi connectivity index (χ0n) is 11.0. The summed E-state index contributed by atoms with van der Waals surface area (Å²) in [4.78, 5) is 16.8. The molecule has 2 nitrogen and oxygen atoms in total. The number of carbonyl (C=O) groups excluding carboxylic acids is 1. The van der Waals surface area contributed by atoms with Crippen LogP contribution in [0.4, 0.5) is 0 Å². The zero-order valence-corrected chi connectivity index (χ0v) is 12.5. The number of nitrogens with zero attached hydrogens (tertiary/aromatic N) is 1. The second-order valence-electron chi connectivity index (χ2n) is 4.70. The molecular weight excluding hydrogens is 305 g/mol. The maximum atomic E-state index is 12.3. The lowest BCUT2D eigenvalue weighted by Crippen LogP contribution is -2.06. The Balaban J connectivity index is 1.91. The molecule has 21 heavy (non-hydrogen) atoms. The van der Waals surface area contributed by atoms with Crippen molar-refractivity contribution < 1.29 is 4.79 Å². The van der Waals surface area contributed by atoms with Crippen molar-refractivity contribution in [2.45, 2.75) is 6.42 Å². The summed E-state index contributed by atoms with van der Waals surface area (Å²) in [7, 11) is 0. The fourth-order valence-electron chi connectivity index (χ4n) is 2.19. The van der Waals surface area contributed by atoms with Crippen LogP contribution in [0.5, 0.6) is 0 Å². The number of para-hydroxylation sites is 1. The first-order valence-electron chi connectivity index (χ1n) is 6.47. The number of hydrogen-bond donors (Lipinski definition) is 0. The Hall–Kier alpha value is -1.90. The summed E-state index contributed by atoms with van der Waals surface area (Å²) < 4.78 is 0. The van der Waals surface area contributed by atoms with Gasteiger partial charge >= 0.3 is 0 Å². The van der Waals surface area contributed by atoms with Crippen LogP contribution in [0.2, 0.25) is 10.0 Å². The molecule has 0 unspecified atom stereocenters. The maximum Gasteiger partial charge on any atom is 0.170 e. The molecule has 0 atom stereocenters. The Kier molecular flexibility index (Phi) is 3.91. The van der Waals surface area contributed by atoms with Crippen LogP contribution in [0.1, 0.15) is 16.1 Å². The molecule has 0 fully saturated rings. The lowest BCUT2D eigenvalue weighted by molar-refractivity contribution is 0.0992. The first kappa shape index (κ1) is 14.1. The van der Waals surface area contributed by atoms with Crippen molar-refractivity contribution in [1.29, 1.82) is 0 Å². The third-order valence-corrected chi connectivity index (χ3v) is 4.07. The van der Waals surface area contributed by atoms with E-state index in [1.807, 2.05) is 36.4 Å². The van der Waals surface area contributed by atoms with Gasteiger partial charge in [0.05, 0.1) is 22.0 Å². The van der Waals surface area contributed by atoms with Gasteiger partial charge in [-0.2, -0.15) is 0 Å². The van der Waals surface area contributed by atoms with Crippen LogP contribution >= 0.6 is 23.2 Å². The van der Waals surface area contributed by atoms with Gasteiger partial charge in [-0.25, -0.2) is 0 Å². The molecule has 0 saturated heterocycles. The number of ketones is 1. The first-order chi connectivity index (χ1) is 10.1. The fourth-order valence-corrected chi connectivity index (χ4v) is 2.59. The molecule has 4 heteroatoms. The predicted octanol–water partition coefficient (Wildman–Crippen LogP) is 4.97. The van der Waals surface area contributed by atoms with E-state index in [0.29, 0.717) is 15.6 Å². The Morgan fingerprint density at radius 1 is 0.952 bits per heavy atom. The van der Waals surface area contributed by atoms with E-state index in [-0.39, 0.29) is 12.2 Å². The maximum absolute atomic E-state index is 12.3. The van der Waals surface area contributed by atoms with Crippen molar-refractivity contribution in [2.24, 2.45) is 0 Å². The Labute approximate surface area is 132 Å². The average molecular weight is 316 g/mol. The van der Waals surface area contributed by atoms with Gasteiger partial charge < -0.3 is 0 Å². The molecule has 3 rings (SSSR count). The number of Topliss-reactive ketones (excluding diaryl/α,β-unsaturated/α-hetero) is 1. The highest BCUT2D eigenvalue weighted by Crippen LogP contribution is 2.26. The molecule has 0 aliphatic heterocycles. The van der Waals surface area contributed by atoms with E-state index in [0.717, 1.165) is 16.6 Å². The van der Waals surface area contributed by atoms with Crippen LogP contribution in [0.25, 0.3) is 10.9 Å². The van der Waals surface area contributed by atoms with E-state index >= 15 is 0 Å². The second kappa shape index (κ2) is 5.84. The van der Waals surface area contributed by atoms with Crippen LogP contribution in [0.3, 0.4) is 0 Å². The molecule has 0 bridgehead atoms. The number of aromatic nitrogens is 1. The lowest BCUT2D eigenvalue weighted by atomic mass is 10.1. The largest absolute Gasteiger partial charge is 0.294 e. The SMILES string of the molecule is O=C(Cc1ccc2ccccc2n1)c1cccc(Cl)c1Cl. The van der Waals surface area contributed by atoms with E-state index in [1.54, 1.807) is 18.2 Å². The summed E-state index contributed by atoms with van der Waals surface area (Å²) in [5, 5.41) is 1.73. The summed E-state index contributed by atoms with van der Waals surface area (Å²) in [6.45, 7) is 0. The highest BCUT2D eigenvalue weighted by Gasteiger charge is 2.14. The number of hydrogen-bond acceptors (Lipinski definition) is 2. The molecule has 1 aromatic heterocycles. The van der Waals surface area contributed by atoms with Gasteiger partial charge in [0.15, 0.2) is 5.78 Å². The van der Waals surface area contributed by atoms with Crippen molar-refractivity contribution in [3.63, 3.8) is 0 Å². The van der Waals surface area contributed by atoms with Gasteiger partial charge in [-0.3, -0.25) is 9.78 Å². The van der Waals surface area contributed by atoms with Crippen molar-refractivity contribution in [1.82, 2.24) is 4.98 Å². The quantitative estimate of drug-likeness (QED) is 0.639. The van der Waals surface area contributed by atoms with Gasteiger partial charge in [-0.05, 0) is 24.3 Å². The molecule has 3 aromatic rings. The Bertz CT molecular complexity index is 830. The van der Waals surface area contributed by atoms with Crippen molar-refractivity contribution in [3.05, 3.63) is 75.9 Å². The van der Waals surface area contributed by atoms with Crippen LogP contribution < -0.4 is 0 Å². The number of carbonyl (C=O) groups is 1. The number of rotatable bonds is 3. The van der Waals surface area contributed by atoms with E-state index in [4.69, 9.17) is 23.2 Å². The third-order valence-electron chi connectivity index (χ3n) is 3.25. The number of pyridine rings is 1. The van der Waals surface area contributed by atoms with E-state index in [2.05, 4.69) is 4.98 Å². The monoisotopic (exact) mass is 315 g/mol. The van der Waals surface area contributed by atoms with Crippen LogP contribution in [0.15, 0.2) is 54.6 Å². The molecule has 104 valence electrons. The highest BCUT2D eigenvalue weighted by atomic mass is 35.5. The minimum Gasteiger partial charge on any atom is -0.294 e. The number of benzene rings is 2. The number of halogens is 2. The molecule has 0 aliphatic rings. The van der Waals surface area contributed by atoms with Crippen molar-refractivity contribution >= 4 is 39.9 Å². The van der Waals surface area contributed by atoms with Crippen LogP contribution in [-0.2, 0) is 6.42 Å². The predicted molar refractivity (Wildman–Crippen MR) is 86.2 cm³/mol. The summed E-state index contributed by atoms with van der Waals surface area (Å²) >= 11 is 12.0. The Morgan fingerprint density at radius 2 is 1.76 bits per heavy atom. The molecule has 0 spiro atoms. The van der Waals surface area contributed by atoms with Crippen molar-refractivity contribution in [3.8, 4) is 0 Å². The fraction of sp³-hybridized carbons (Fsp3) is 0.0588. The average Bonchev–Trinajstić information content (AvgIpc) is 2.50. The minimum atomic E-state index is -0.0923. The second-order valence-corrected chi connectivity index (χ2v) is 5.48. The van der Waals surface area contributed by atoms with E-state index in [1.165, 1.54) is 0 Å². The van der Waals surface area contributed by atoms with E-state index in [9.17, 15) is 4.79 Å². The summed E-state index contributed by atoms with van der Waals surface area (Å²) in [5.41, 5.74) is 2.02. The topological polar surface area (TPSA) is 30.0 Å². The van der Waals surface area contributed by atoms with Crippen LogP contribution in [-0.4, -0.2) is 10.8 Å². The Morgan fingerprint density at radius 3 is 2.62 bits per heavy atom. The minimum absolute atomic E-state index is 0.0923. The molecule has 0 aliphatic carbocycles. The smallest absolute Gasteiger partial charge is 0.170 e. The molecule has 0 radical (unpaired) electrons. The summed E-state index contributed by atoms with van der Waals surface area (Å²) in [6.07, 6.45) is 0.199. The van der Waals surface area contributed by atoms with Gasteiger partial charge in [0, 0.05) is 16.6 Å². The van der Waals surface area contributed by atoms with Gasteiger partial charge in [-0.15, -0.1) is 0 Å². The van der Waals surface area contributed by atoms with Crippen LogP contribution in [0, 0.1) is 0 Å². The first-order valence-corrected chi connectivity index (χ1v) is 7.22. The third kappa shape index (κ3) is 2.92. The van der Waals surface area contributed by atoms with Gasteiger partial charge in [0.2, 0.25) is 0 Å². The molecule has 0 amide bonds. The van der Waals surface area contributed by atoms with Gasteiger partial charge in [0.25, 0.3) is 0 Å². The number of fused-ring (bicyclic) bond motifs is 1.